The Morgan fingerprint density at radius 3 is 2.44 bits per heavy atom. The van der Waals surface area contributed by atoms with Gasteiger partial charge in [-0.15, -0.1) is 0 Å². The summed E-state index contributed by atoms with van der Waals surface area (Å²) >= 11 is 0. The molecule has 0 saturated carbocycles. The predicted octanol–water partition coefficient (Wildman–Crippen LogP) is 1.89. The standard InChI is InChI=1S/C23H23N3O7S/c1-4-33-34(31,32)19-9-5-13(2)11-18(19)25(3)14-6-7-15-16(12-14)23(30)26(22(15)29)17-8-10-20(27)24-21(17)28/h5-7,9,11-12,17H,4,8,10H2,1-3H3,(H,24,27,28). The molecule has 4 amide bonds. The summed E-state index contributed by atoms with van der Waals surface area (Å²) in [5.74, 6) is -2.39. The Kier molecular flexibility index (Phi) is 6.00. The highest BCUT2D eigenvalue weighted by atomic mass is 32.2. The number of imide groups is 2. The van der Waals surface area contributed by atoms with Crippen molar-refractivity contribution < 1.29 is 31.8 Å². The smallest absolute Gasteiger partial charge is 0.299 e. The van der Waals surface area contributed by atoms with Crippen molar-refractivity contribution >= 4 is 45.1 Å². The Labute approximate surface area is 196 Å². The van der Waals surface area contributed by atoms with E-state index in [1.807, 2.05) is 6.92 Å². The monoisotopic (exact) mass is 485 g/mol. The van der Waals surface area contributed by atoms with Crippen LogP contribution in [0.1, 0.15) is 46.0 Å². The lowest BCUT2D eigenvalue weighted by Gasteiger charge is -2.27. The Morgan fingerprint density at radius 2 is 1.76 bits per heavy atom. The summed E-state index contributed by atoms with van der Waals surface area (Å²) in [6.07, 6.45) is 0.0904. The van der Waals surface area contributed by atoms with E-state index in [2.05, 4.69) is 5.32 Å². The molecule has 0 aliphatic carbocycles. The van der Waals surface area contributed by atoms with Gasteiger partial charge < -0.3 is 4.90 Å². The van der Waals surface area contributed by atoms with Gasteiger partial charge in [-0.2, -0.15) is 8.42 Å². The molecule has 0 radical (unpaired) electrons. The first-order chi connectivity index (χ1) is 16.0. The van der Waals surface area contributed by atoms with Crippen molar-refractivity contribution in [1.82, 2.24) is 10.2 Å². The second kappa shape index (κ2) is 8.65. The SMILES string of the molecule is CCOS(=O)(=O)c1ccc(C)cc1N(C)c1ccc2c(c1)C(=O)N(C1CCC(=O)NC1=O)C2=O. The molecule has 2 aliphatic heterocycles. The summed E-state index contributed by atoms with van der Waals surface area (Å²) in [5.41, 5.74) is 1.85. The van der Waals surface area contributed by atoms with Gasteiger partial charge in [-0.05, 0) is 56.2 Å². The largest absolute Gasteiger partial charge is 0.343 e. The molecule has 1 fully saturated rings. The molecule has 2 aromatic rings. The van der Waals surface area contributed by atoms with Crippen LogP contribution in [0.25, 0.3) is 0 Å². The van der Waals surface area contributed by atoms with E-state index in [4.69, 9.17) is 4.18 Å². The van der Waals surface area contributed by atoms with Gasteiger partial charge in [-0.1, -0.05) is 6.07 Å². The quantitative estimate of drug-likeness (QED) is 0.485. The molecule has 1 atom stereocenters. The molecule has 2 aromatic carbocycles. The molecular formula is C23H23N3O7S. The van der Waals surface area contributed by atoms with E-state index in [-0.39, 0.29) is 35.5 Å². The van der Waals surface area contributed by atoms with E-state index in [9.17, 15) is 27.6 Å². The van der Waals surface area contributed by atoms with E-state index >= 15 is 0 Å². The van der Waals surface area contributed by atoms with Crippen LogP contribution in [-0.2, 0) is 23.9 Å². The van der Waals surface area contributed by atoms with E-state index < -0.39 is 39.8 Å². The van der Waals surface area contributed by atoms with Crippen LogP contribution in [0, 0.1) is 6.92 Å². The molecule has 34 heavy (non-hydrogen) atoms. The minimum Gasteiger partial charge on any atom is -0.343 e. The zero-order chi connectivity index (χ0) is 24.8. The fraction of sp³-hybridized carbons (Fsp3) is 0.304. The Bertz CT molecular complexity index is 1340. The van der Waals surface area contributed by atoms with Crippen molar-refractivity contribution in [1.29, 1.82) is 0 Å². The fourth-order valence-electron chi connectivity index (χ4n) is 4.13. The zero-order valence-electron chi connectivity index (χ0n) is 18.8. The van der Waals surface area contributed by atoms with Crippen molar-refractivity contribution in [3.63, 3.8) is 0 Å². The molecule has 10 nitrogen and oxygen atoms in total. The van der Waals surface area contributed by atoms with Crippen LogP contribution in [0.15, 0.2) is 41.3 Å². The first kappa shape index (κ1) is 23.6. The molecule has 0 aromatic heterocycles. The zero-order valence-corrected chi connectivity index (χ0v) is 19.6. The average molecular weight is 486 g/mol. The van der Waals surface area contributed by atoms with Gasteiger partial charge in [0.1, 0.15) is 10.9 Å². The van der Waals surface area contributed by atoms with Gasteiger partial charge in [0, 0.05) is 19.2 Å². The normalized spacial score (nSPS) is 18.2. The first-order valence-corrected chi connectivity index (χ1v) is 12.1. The number of piperidine rings is 1. The summed E-state index contributed by atoms with van der Waals surface area (Å²) in [5, 5.41) is 2.16. The fourth-order valence-corrected chi connectivity index (χ4v) is 5.25. The number of hydrogen-bond donors (Lipinski definition) is 1. The topological polar surface area (TPSA) is 130 Å². The molecule has 11 heteroatoms. The Balaban J connectivity index is 1.71. The molecule has 2 heterocycles. The Hall–Kier alpha value is -3.57. The van der Waals surface area contributed by atoms with Gasteiger partial charge >= 0.3 is 0 Å². The number of benzene rings is 2. The lowest BCUT2D eigenvalue weighted by Crippen LogP contribution is -2.54. The predicted molar refractivity (Wildman–Crippen MR) is 121 cm³/mol. The molecule has 1 saturated heterocycles. The van der Waals surface area contributed by atoms with Crippen LogP contribution < -0.4 is 10.2 Å². The molecule has 0 spiro atoms. The van der Waals surface area contributed by atoms with Gasteiger partial charge in [-0.3, -0.25) is 33.6 Å². The third-order valence-electron chi connectivity index (χ3n) is 5.83. The highest BCUT2D eigenvalue weighted by Gasteiger charge is 2.44. The first-order valence-electron chi connectivity index (χ1n) is 10.6. The van der Waals surface area contributed by atoms with Crippen LogP contribution >= 0.6 is 0 Å². The van der Waals surface area contributed by atoms with E-state index in [0.717, 1.165) is 10.5 Å². The second-order valence-electron chi connectivity index (χ2n) is 8.07. The van der Waals surface area contributed by atoms with Crippen LogP contribution in [0.4, 0.5) is 11.4 Å². The van der Waals surface area contributed by atoms with Crippen LogP contribution in [0.2, 0.25) is 0 Å². The summed E-state index contributed by atoms with van der Waals surface area (Å²) in [6.45, 7) is 3.37. The van der Waals surface area contributed by atoms with Gasteiger partial charge in [0.25, 0.3) is 21.9 Å². The van der Waals surface area contributed by atoms with Crippen LogP contribution in [0.5, 0.6) is 0 Å². The summed E-state index contributed by atoms with van der Waals surface area (Å²) in [7, 11) is -2.38. The maximum Gasteiger partial charge on any atom is 0.299 e. The van der Waals surface area contributed by atoms with Gasteiger partial charge in [0.05, 0.1) is 23.4 Å². The molecule has 4 rings (SSSR count). The van der Waals surface area contributed by atoms with Crippen molar-refractivity contribution in [2.45, 2.75) is 37.6 Å². The Morgan fingerprint density at radius 1 is 1.06 bits per heavy atom. The third-order valence-corrected chi connectivity index (χ3v) is 7.26. The van der Waals surface area contributed by atoms with E-state index in [1.165, 1.54) is 18.2 Å². The van der Waals surface area contributed by atoms with Gasteiger partial charge in [-0.25, -0.2) is 0 Å². The number of nitrogens with zero attached hydrogens (tertiary/aromatic N) is 2. The van der Waals surface area contributed by atoms with Gasteiger partial charge in [0.2, 0.25) is 11.8 Å². The van der Waals surface area contributed by atoms with Crippen LogP contribution in [0.3, 0.4) is 0 Å². The summed E-state index contributed by atoms with van der Waals surface area (Å²) in [6, 6.07) is 8.29. The molecule has 0 bridgehead atoms. The van der Waals surface area contributed by atoms with Crippen molar-refractivity contribution in [2.75, 3.05) is 18.6 Å². The number of carbonyl (C=O) groups is 4. The minimum absolute atomic E-state index is 0.0228. The lowest BCUT2D eigenvalue weighted by atomic mass is 10.0. The second-order valence-corrected chi connectivity index (χ2v) is 9.65. The number of rotatable bonds is 6. The number of hydrogen-bond acceptors (Lipinski definition) is 8. The third kappa shape index (κ3) is 3.97. The maximum absolute atomic E-state index is 13.1. The number of aryl methyl sites for hydroxylation is 1. The van der Waals surface area contributed by atoms with E-state index in [1.54, 1.807) is 37.1 Å². The lowest BCUT2D eigenvalue weighted by molar-refractivity contribution is -0.136. The van der Waals surface area contributed by atoms with Crippen molar-refractivity contribution in [2.24, 2.45) is 0 Å². The molecular weight excluding hydrogens is 462 g/mol. The molecule has 1 unspecified atom stereocenters. The molecule has 178 valence electrons. The molecule has 2 aliphatic rings. The average Bonchev–Trinajstić information content (AvgIpc) is 3.03. The number of anilines is 2. The van der Waals surface area contributed by atoms with Crippen molar-refractivity contribution in [3.8, 4) is 0 Å². The number of nitrogens with one attached hydrogen (secondary N) is 1. The van der Waals surface area contributed by atoms with Crippen LogP contribution in [-0.4, -0.2) is 56.6 Å². The number of carbonyl (C=O) groups excluding carboxylic acids is 4. The summed E-state index contributed by atoms with van der Waals surface area (Å²) < 4.78 is 30.2. The number of fused-ring (bicyclic) bond motifs is 1. The molecule has 1 N–H and O–H groups in total. The highest BCUT2D eigenvalue weighted by Crippen LogP contribution is 2.35. The van der Waals surface area contributed by atoms with E-state index in [0.29, 0.717) is 11.4 Å². The van der Waals surface area contributed by atoms with Gasteiger partial charge in [0.15, 0.2) is 0 Å². The number of amides is 4. The minimum atomic E-state index is -4.02. The summed E-state index contributed by atoms with van der Waals surface area (Å²) in [4.78, 5) is 52.2. The maximum atomic E-state index is 13.1. The highest BCUT2D eigenvalue weighted by molar-refractivity contribution is 7.87. The van der Waals surface area contributed by atoms with Crippen molar-refractivity contribution in [3.05, 3.63) is 53.1 Å².